The lowest BCUT2D eigenvalue weighted by Crippen LogP contribution is -2.45. The second-order valence-corrected chi connectivity index (χ2v) is 10.2. The highest BCUT2D eigenvalue weighted by molar-refractivity contribution is 5.81. The average Bonchev–Trinajstić information content (AvgIpc) is 3.54. The number of hydrogen-bond acceptors (Lipinski definition) is 5. The van der Waals surface area contributed by atoms with Crippen LogP contribution in [0.3, 0.4) is 0 Å². The molecule has 1 amide bonds. The molecule has 0 spiro atoms. The fourth-order valence-electron chi connectivity index (χ4n) is 4.99. The van der Waals surface area contributed by atoms with Gasteiger partial charge >= 0.3 is 0 Å². The van der Waals surface area contributed by atoms with E-state index >= 15 is 0 Å². The van der Waals surface area contributed by atoms with Crippen molar-refractivity contribution in [3.05, 3.63) is 114 Å². The number of imidazole rings is 1. The maximum absolute atomic E-state index is 13.2. The molecular formula is C32H37N5O2. The van der Waals surface area contributed by atoms with Crippen LogP contribution in [0.15, 0.2) is 97.5 Å². The highest BCUT2D eigenvalue weighted by Crippen LogP contribution is 2.40. The fourth-order valence-corrected chi connectivity index (χ4v) is 4.99. The first kappa shape index (κ1) is 26.8. The number of nitrogens with zero attached hydrogens (tertiary/aromatic N) is 1. The van der Waals surface area contributed by atoms with Crippen molar-refractivity contribution in [3.8, 4) is 11.1 Å². The van der Waals surface area contributed by atoms with Crippen LogP contribution in [0.1, 0.15) is 54.6 Å². The number of aliphatic hydroxyl groups excluding tert-OH is 1. The lowest BCUT2D eigenvalue weighted by Gasteiger charge is -2.21. The Bertz CT molecular complexity index is 1280. The summed E-state index contributed by atoms with van der Waals surface area (Å²) >= 11 is 0. The molecule has 1 aliphatic rings. The van der Waals surface area contributed by atoms with Gasteiger partial charge in [-0.25, -0.2) is 4.98 Å². The number of aromatic nitrogens is 2. The second kappa shape index (κ2) is 13.3. The largest absolute Gasteiger partial charge is 0.373 e. The molecule has 0 saturated heterocycles. The summed E-state index contributed by atoms with van der Waals surface area (Å²) in [5, 5.41) is 20.4. The van der Waals surface area contributed by atoms with Crippen molar-refractivity contribution < 1.29 is 9.90 Å². The molecular weight excluding hydrogens is 486 g/mol. The van der Waals surface area contributed by atoms with Crippen LogP contribution < -0.4 is 16.0 Å². The smallest absolute Gasteiger partial charge is 0.237 e. The molecule has 4 unspecified atom stereocenters. The molecule has 0 bridgehead atoms. The van der Waals surface area contributed by atoms with E-state index in [2.05, 4.69) is 80.5 Å². The van der Waals surface area contributed by atoms with E-state index in [4.69, 9.17) is 0 Å². The fraction of sp³-hybridized carbons (Fsp3) is 0.312. The summed E-state index contributed by atoms with van der Waals surface area (Å²) in [7, 11) is 0. The van der Waals surface area contributed by atoms with E-state index in [0.717, 1.165) is 36.1 Å². The summed E-state index contributed by atoms with van der Waals surface area (Å²) in [6, 6.07) is 29.1. The molecule has 1 saturated carbocycles. The van der Waals surface area contributed by atoms with Crippen molar-refractivity contribution in [2.75, 3.05) is 6.54 Å². The minimum atomic E-state index is -0.996. The van der Waals surface area contributed by atoms with Crippen molar-refractivity contribution in [2.24, 2.45) is 0 Å². The third-order valence-electron chi connectivity index (χ3n) is 7.36. The monoisotopic (exact) mass is 523 g/mol. The number of nitrogens with one attached hydrogen (secondary N) is 4. The van der Waals surface area contributed by atoms with E-state index in [-0.39, 0.29) is 5.91 Å². The molecule has 7 heteroatoms. The molecule has 5 rings (SSSR count). The Morgan fingerprint density at radius 1 is 0.949 bits per heavy atom. The van der Waals surface area contributed by atoms with Crippen molar-refractivity contribution in [1.29, 1.82) is 0 Å². The maximum Gasteiger partial charge on any atom is 0.237 e. The third kappa shape index (κ3) is 7.63. The molecule has 5 N–H and O–H groups in total. The van der Waals surface area contributed by atoms with E-state index in [1.54, 1.807) is 6.20 Å². The minimum Gasteiger partial charge on any atom is -0.373 e. The maximum atomic E-state index is 13.2. The van der Waals surface area contributed by atoms with Gasteiger partial charge in [0.2, 0.25) is 5.91 Å². The van der Waals surface area contributed by atoms with Gasteiger partial charge in [-0.3, -0.25) is 10.1 Å². The summed E-state index contributed by atoms with van der Waals surface area (Å²) in [4.78, 5) is 20.0. The summed E-state index contributed by atoms with van der Waals surface area (Å²) in [5.74, 6) is 0.484. The highest BCUT2D eigenvalue weighted by atomic mass is 16.3. The third-order valence-corrected chi connectivity index (χ3v) is 7.36. The van der Waals surface area contributed by atoms with Gasteiger partial charge in [-0.05, 0) is 48.1 Å². The number of amides is 1. The number of rotatable bonds is 14. The lowest BCUT2D eigenvalue weighted by atomic mass is 10.0. The average molecular weight is 524 g/mol. The first-order valence-corrected chi connectivity index (χ1v) is 13.8. The van der Waals surface area contributed by atoms with Crippen LogP contribution in [0.4, 0.5) is 0 Å². The number of aliphatic hydroxyl groups is 1. The molecule has 39 heavy (non-hydrogen) atoms. The van der Waals surface area contributed by atoms with Gasteiger partial charge in [0.1, 0.15) is 6.23 Å². The summed E-state index contributed by atoms with van der Waals surface area (Å²) in [6.45, 7) is 1.34. The molecule has 4 atom stereocenters. The summed E-state index contributed by atoms with van der Waals surface area (Å²) in [5.41, 5.74) is 5.27. The van der Waals surface area contributed by atoms with E-state index in [1.807, 2.05) is 30.3 Å². The number of aromatic amines is 1. The number of carbonyl (C=O) groups excluding carboxylic acids is 1. The van der Waals surface area contributed by atoms with E-state index in [0.29, 0.717) is 30.6 Å². The summed E-state index contributed by atoms with van der Waals surface area (Å²) in [6.07, 6.45) is 5.71. The summed E-state index contributed by atoms with van der Waals surface area (Å²) < 4.78 is 0. The zero-order chi connectivity index (χ0) is 26.9. The number of unbranched alkanes of at least 4 members (excludes halogenated alkanes) is 1. The van der Waals surface area contributed by atoms with Crippen molar-refractivity contribution >= 4 is 5.91 Å². The SMILES string of the molecule is O=C(NCc1ccc(-c2ccccc2)cc1)C(CCCCNC1CC1c1ccccc1)NC(O)c1cnc[nH]1. The Labute approximate surface area is 230 Å². The van der Waals surface area contributed by atoms with Crippen molar-refractivity contribution in [2.45, 2.75) is 56.5 Å². The zero-order valence-electron chi connectivity index (χ0n) is 22.1. The molecule has 0 aliphatic heterocycles. The first-order chi connectivity index (χ1) is 19.2. The second-order valence-electron chi connectivity index (χ2n) is 10.2. The highest BCUT2D eigenvalue weighted by Gasteiger charge is 2.37. The molecule has 1 fully saturated rings. The normalized spacial score (nSPS) is 17.9. The van der Waals surface area contributed by atoms with E-state index in [1.165, 1.54) is 18.3 Å². The number of benzene rings is 3. The molecule has 202 valence electrons. The van der Waals surface area contributed by atoms with Crippen LogP contribution in [0, 0.1) is 0 Å². The number of H-pyrrole nitrogens is 1. The van der Waals surface area contributed by atoms with Crippen LogP contribution in [-0.4, -0.2) is 39.6 Å². The van der Waals surface area contributed by atoms with Gasteiger partial charge in [0.05, 0.1) is 24.3 Å². The number of carbonyl (C=O) groups is 1. The van der Waals surface area contributed by atoms with Crippen LogP contribution in [0.5, 0.6) is 0 Å². The Hall–Kier alpha value is -3.78. The van der Waals surface area contributed by atoms with Gasteiger partial charge in [0.25, 0.3) is 0 Å². The Morgan fingerprint density at radius 3 is 2.38 bits per heavy atom. The standard InChI is InChI=1S/C32H37N5O2/c38-31(35-20-23-14-16-25(17-15-23)24-9-3-1-4-10-24)28(37-32(39)30-21-33-22-36-30)13-7-8-18-34-29-19-27(29)26-11-5-2-6-12-26/h1-6,9-12,14-17,21-22,27-29,32,34,37,39H,7-8,13,18-20H2,(H,33,36)(H,35,38). The van der Waals surface area contributed by atoms with Gasteiger partial charge in [0.15, 0.2) is 0 Å². The van der Waals surface area contributed by atoms with Gasteiger partial charge in [0, 0.05) is 18.5 Å². The molecule has 1 aliphatic carbocycles. The Balaban J connectivity index is 1.10. The minimum absolute atomic E-state index is 0.125. The molecule has 1 heterocycles. The van der Waals surface area contributed by atoms with E-state index in [9.17, 15) is 9.90 Å². The quantitative estimate of drug-likeness (QED) is 0.122. The molecule has 1 aromatic heterocycles. The Kier molecular flexibility index (Phi) is 9.17. The van der Waals surface area contributed by atoms with Crippen LogP contribution in [0.25, 0.3) is 11.1 Å². The van der Waals surface area contributed by atoms with Crippen LogP contribution in [-0.2, 0) is 11.3 Å². The van der Waals surface area contributed by atoms with Gasteiger partial charge in [-0.15, -0.1) is 0 Å². The lowest BCUT2D eigenvalue weighted by molar-refractivity contribution is -0.124. The molecule has 0 radical (unpaired) electrons. The first-order valence-electron chi connectivity index (χ1n) is 13.8. The van der Waals surface area contributed by atoms with Crippen LogP contribution >= 0.6 is 0 Å². The van der Waals surface area contributed by atoms with Crippen LogP contribution in [0.2, 0.25) is 0 Å². The van der Waals surface area contributed by atoms with Gasteiger partial charge in [-0.2, -0.15) is 0 Å². The Morgan fingerprint density at radius 2 is 1.67 bits per heavy atom. The zero-order valence-corrected chi connectivity index (χ0v) is 22.1. The molecule has 4 aromatic rings. The van der Waals surface area contributed by atoms with Crippen molar-refractivity contribution in [1.82, 2.24) is 25.9 Å². The number of hydrogen-bond donors (Lipinski definition) is 5. The predicted molar refractivity (Wildman–Crippen MR) is 154 cm³/mol. The van der Waals surface area contributed by atoms with E-state index < -0.39 is 12.3 Å². The van der Waals surface area contributed by atoms with Gasteiger partial charge in [-0.1, -0.05) is 91.3 Å². The predicted octanol–water partition coefficient (Wildman–Crippen LogP) is 4.66. The molecule has 7 nitrogen and oxygen atoms in total. The molecule has 3 aromatic carbocycles. The topological polar surface area (TPSA) is 102 Å². The van der Waals surface area contributed by atoms with Gasteiger partial charge < -0.3 is 20.7 Å². The van der Waals surface area contributed by atoms with Crippen molar-refractivity contribution in [3.63, 3.8) is 0 Å².